The first-order valence-corrected chi connectivity index (χ1v) is 31.9. The number of ether oxygens (including phenoxy) is 3. The first-order valence-electron chi connectivity index (χ1n) is 31.9. The van der Waals surface area contributed by atoms with Crippen molar-refractivity contribution in [2.24, 2.45) is 0 Å². The predicted octanol–water partition coefficient (Wildman–Crippen LogP) is 21.7. The minimum atomic E-state index is -0.787. The monoisotopic (exact) mass is 1030 g/mol. The van der Waals surface area contributed by atoms with Gasteiger partial charge in [-0.1, -0.05) is 261 Å². The summed E-state index contributed by atoms with van der Waals surface area (Å²) in [6, 6.07) is 0. The second-order valence-electron chi connectivity index (χ2n) is 21.3. The molecule has 0 aliphatic carbocycles. The third-order valence-electron chi connectivity index (χ3n) is 13.9. The predicted molar refractivity (Wildman–Crippen MR) is 321 cm³/mol. The first-order chi connectivity index (χ1) is 36.5. The molecule has 0 aromatic heterocycles. The van der Waals surface area contributed by atoms with E-state index in [4.69, 9.17) is 14.2 Å². The number of unbranched alkanes of at least 4 members (excludes halogenated alkanes) is 35. The molecule has 428 valence electrons. The number of hydrogen-bond donors (Lipinski definition) is 0. The Bertz CT molecular complexity index is 1370. The molecule has 74 heavy (non-hydrogen) atoms. The van der Waals surface area contributed by atoms with Crippen molar-refractivity contribution in [1.82, 2.24) is 0 Å². The highest BCUT2D eigenvalue weighted by atomic mass is 16.6. The average molecular weight is 1030 g/mol. The number of esters is 3. The SMILES string of the molecule is CCCCC/C=C\C/C=C\CCCCCCCCCCCC(=O)OC(COC(=O)CCCCCCC/C=C\C/C=C\CCCCCC)COC(=O)CCCCCCCCCCC/C=C\C/C=C\CCCCCCC. The van der Waals surface area contributed by atoms with E-state index in [1.165, 1.54) is 193 Å². The fourth-order valence-corrected chi connectivity index (χ4v) is 9.06. The van der Waals surface area contributed by atoms with Crippen LogP contribution in [0.15, 0.2) is 72.9 Å². The molecule has 0 radical (unpaired) electrons. The summed E-state index contributed by atoms with van der Waals surface area (Å²) in [7, 11) is 0. The first kappa shape index (κ1) is 70.8. The van der Waals surface area contributed by atoms with E-state index >= 15 is 0 Å². The molecular formula is C68H120O6. The van der Waals surface area contributed by atoms with Gasteiger partial charge in [-0.3, -0.25) is 14.4 Å². The number of carbonyl (C=O) groups is 3. The minimum absolute atomic E-state index is 0.0828. The summed E-state index contributed by atoms with van der Waals surface area (Å²) >= 11 is 0. The summed E-state index contributed by atoms with van der Waals surface area (Å²) in [6.45, 7) is 6.60. The van der Waals surface area contributed by atoms with Crippen molar-refractivity contribution in [3.8, 4) is 0 Å². The van der Waals surface area contributed by atoms with Gasteiger partial charge in [-0.2, -0.15) is 0 Å². The topological polar surface area (TPSA) is 78.9 Å². The van der Waals surface area contributed by atoms with Crippen LogP contribution >= 0.6 is 0 Å². The lowest BCUT2D eigenvalue weighted by atomic mass is 10.1. The van der Waals surface area contributed by atoms with Gasteiger partial charge in [-0.15, -0.1) is 0 Å². The molecule has 0 amide bonds. The van der Waals surface area contributed by atoms with Crippen molar-refractivity contribution >= 4 is 17.9 Å². The van der Waals surface area contributed by atoms with Gasteiger partial charge in [0.2, 0.25) is 0 Å². The van der Waals surface area contributed by atoms with Gasteiger partial charge in [0.1, 0.15) is 13.2 Å². The zero-order chi connectivity index (χ0) is 53.6. The Kier molecular flexibility index (Phi) is 59.7. The molecule has 0 N–H and O–H groups in total. The molecule has 6 heteroatoms. The Morgan fingerprint density at radius 1 is 0.270 bits per heavy atom. The maximum Gasteiger partial charge on any atom is 0.306 e. The van der Waals surface area contributed by atoms with Gasteiger partial charge < -0.3 is 14.2 Å². The minimum Gasteiger partial charge on any atom is -0.462 e. The zero-order valence-corrected chi connectivity index (χ0v) is 49.1. The van der Waals surface area contributed by atoms with Crippen LogP contribution in [-0.4, -0.2) is 37.2 Å². The smallest absolute Gasteiger partial charge is 0.306 e. The molecule has 0 aromatic rings. The van der Waals surface area contributed by atoms with Gasteiger partial charge in [0, 0.05) is 19.3 Å². The number of hydrogen-bond acceptors (Lipinski definition) is 6. The lowest BCUT2D eigenvalue weighted by Crippen LogP contribution is -2.30. The van der Waals surface area contributed by atoms with E-state index in [-0.39, 0.29) is 31.1 Å². The number of rotatable bonds is 58. The Morgan fingerprint density at radius 3 is 0.784 bits per heavy atom. The summed E-state index contributed by atoms with van der Waals surface area (Å²) in [5, 5.41) is 0. The summed E-state index contributed by atoms with van der Waals surface area (Å²) in [6.07, 6.45) is 80.4. The summed E-state index contributed by atoms with van der Waals surface area (Å²) in [4.78, 5) is 38.3. The van der Waals surface area contributed by atoms with E-state index in [1.54, 1.807) is 0 Å². The van der Waals surface area contributed by atoms with Crippen molar-refractivity contribution in [3.05, 3.63) is 72.9 Å². The van der Waals surface area contributed by atoms with Crippen molar-refractivity contribution in [1.29, 1.82) is 0 Å². The Balaban J connectivity index is 4.39. The lowest BCUT2D eigenvalue weighted by Gasteiger charge is -2.18. The zero-order valence-electron chi connectivity index (χ0n) is 49.1. The van der Waals surface area contributed by atoms with Gasteiger partial charge in [0.25, 0.3) is 0 Å². The summed E-state index contributed by atoms with van der Waals surface area (Å²) in [5.41, 5.74) is 0. The molecule has 0 aliphatic rings. The van der Waals surface area contributed by atoms with Crippen molar-refractivity contribution < 1.29 is 28.6 Å². The molecule has 0 saturated heterocycles. The van der Waals surface area contributed by atoms with Gasteiger partial charge in [0.05, 0.1) is 0 Å². The van der Waals surface area contributed by atoms with Crippen LogP contribution in [0.2, 0.25) is 0 Å². The summed E-state index contributed by atoms with van der Waals surface area (Å²) < 4.78 is 16.9. The van der Waals surface area contributed by atoms with Crippen LogP contribution in [-0.2, 0) is 28.6 Å². The summed E-state index contributed by atoms with van der Waals surface area (Å²) in [5.74, 6) is -0.891. The fraction of sp³-hybridized carbons (Fsp3) is 0.779. The molecule has 0 aromatic carbocycles. The highest BCUT2D eigenvalue weighted by molar-refractivity contribution is 5.71. The van der Waals surface area contributed by atoms with E-state index in [0.717, 1.165) is 89.9 Å². The standard InChI is InChI=1S/C68H120O6/c1-4-7-10-13-16-19-22-25-28-31-33-34-36-37-40-43-46-49-52-55-58-61-67(70)73-64-65(63-72-66(69)60-57-54-51-48-45-42-39-30-27-24-21-18-15-12-9-6-3)74-68(71)62-59-56-53-50-47-44-41-38-35-32-29-26-23-20-17-14-11-8-5-2/h17,20-22,24-26,29-31,33,39,65H,4-16,18-19,23,27-28,32,34-38,40-64H2,1-3H3/b20-17-,24-21-,25-22-,29-26-,33-31-,39-30-. The van der Waals surface area contributed by atoms with Crippen molar-refractivity contribution in [3.63, 3.8) is 0 Å². The lowest BCUT2D eigenvalue weighted by molar-refractivity contribution is -0.167. The number of carbonyl (C=O) groups excluding carboxylic acids is 3. The molecule has 1 atom stereocenters. The fourth-order valence-electron chi connectivity index (χ4n) is 9.06. The molecule has 0 bridgehead atoms. The third kappa shape index (κ3) is 59.7. The Hall–Kier alpha value is -3.15. The molecule has 0 saturated carbocycles. The second-order valence-corrected chi connectivity index (χ2v) is 21.3. The molecule has 0 rings (SSSR count). The maximum absolute atomic E-state index is 12.9. The highest BCUT2D eigenvalue weighted by Crippen LogP contribution is 2.16. The third-order valence-corrected chi connectivity index (χ3v) is 13.9. The molecule has 0 fully saturated rings. The molecular weight excluding hydrogens is 913 g/mol. The molecule has 0 aliphatic heterocycles. The maximum atomic E-state index is 12.9. The number of allylic oxidation sites excluding steroid dienone is 12. The average Bonchev–Trinajstić information content (AvgIpc) is 3.40. The van der Waals surface area contributed by atoms with Gasteiger partial charge >= 0.3 is 17.9 Å². The van der Waals surface area contributed by atoms with E-state index in [2.05, 4.69) is 93.7 Å². The van der Waals surface area contributed by atoms with Gasteiger partial charge in [-0.05, 0) is 116 Å². The van der Waals surface area contributed by atoms with E-state index in [0.29, 0.717) is 19.3 Å². The second kappa shape index (κ2) is 62.4. The Labute approximate surface area is 459 Å². The van der Waals surface area contributed by atoms with Gasteiger partial charge in [-0.25, -0.2) is 0 Å². The molecule has 0 heterocycles. The molecule has 0 spiro atoms. The van der Waals surface area contributed by atoms with Crippen molar-refractivity contribution in [2.75, 3.05) is 13.2 Å². The normalized spacial score (nSPS) is 12.5. The van der Waals surface area contributed by atoms with Crippen molar-refractivity contribution in [2.45, 2.75) is 329 Å². The molecule has 1 unspecified atom stereocenters. The Morgan fingerprint density at radius 2 is 0.486 bits per heavy atom. The van der Waals surface area contributed by atoms with Crippen LogP contribution < -0.4 is 0 Å². The van der Waals surface area contributed by atoms with E-state index < -0.39 is 6.10 Å². The van der Waals surface area contributed by atoms with Crippen LogP contribution in [0, 0.1) is 0 Å². The van der Waals surface area contributed by atoms with E-state index in [1.807, 2.05) is 0 Å². The van der Waals surface area contributed by atoms with Crippen LogP contribution in [0.4, 0.5) is 0 Å². The van der Waals surface area contributed by atoms with Crippen LogP contribution in [0.3, 0.4) is 0 Å². The highest BCUT2D eigenvalue weighted by Gasteiger charge is 2.19. The van der Waals surface area contributed by atoms with Crippen LogP contribution in [0.25, 0.3) is 0 Å². The largest absolute Gasteiger partial charge is 0.462 e. The van der Waals surface area contributed by atoms with Crippen LogP contribution in [0.1, 0.15) is 323 Å². The molecule has 6 nitrogen and oxygen atoms in total. The quantitative estimate of drug-likeness (QED) is 0.0261. The van der Waals surface area contributed by atoms with Gasteiger partial charge in [0.15, 0.2) is 6.10 Å². The van der Waals surface area contributed by atoms with E-state index in [9.17, 15) is 14.4 Å². The van der Waals surface area contributed by atoms with Crippen LogP contribution in [0.5, 0.6) is 0 Å².